The number of carbonyl (C=O) groups excluding carboxylic acids is 2. The summed E-state index contributed by atoms with van der Waals surface area (Å²) in [6.45, 7) is 0. The zero-order valence-corrected chi connectivity index (χ0v) is 18.2. The van der Waals surface area contributed by atoms with Crippen molar-refractivity contribution < 1.29 is 14.3 Å². The van der Waals surface area contributed by atoms with E-state index in [0.29, 0.717) is 22.7 Å². The molecule has 1 amide bonds. The second kappa shape index (κ2) is 9.71. The predicted octanol–water partition coefficient (Wildman–Crippen LogP) is 5.55. The van der Waals surface area contributed by atoms with Gasteiger partial charge in [-0.2, -0.15) is 0 Å². The number of hydrogen-bond acceptors (Lipinski definition) is 5. The predicted molar refractivity (Wildman–Crippen MR) is 124 cm³/mol. The molecule has 5 nitrogen and oxygen atoms in total. The highest BCUT2D eigenvalue weighted by Gasteiger charge is 2.21. The lowest BCUT2D eigenvalue weighted by molar-refractivity contribution is -0.115. The molecule has 0 aliphatic heterocycles. The third kappa shape index (κ3) is 5.27. The molecule has 158 valence electrons. The van der Waals surface area contributed by atoms with Gasteiger partial charge in [-0.3, -0.25) is 4.79 Å². The molecule has 2 aromatic carbocycles. The van der Waals surface area contributed by atoms with Crippen LogP contribution in [-0.2, 0) is 16.0 Å². The lowest BCUT2D eigenvalue weighted by Gasteiger charge is -2.22. The molecule has 0 unspecified atom stereocenters. The van der Waals surface area contributed by atoms with E-state index in [9.17, 15) is 9.59 Å². The van der Waals surface area contributed by atoms with Crippen LogP contribution in [0.2, 0.25) is 0 Å². The number of rotatable bonds is 7. The Bertz CT molecular complexity index is 1120. The Morgan fingerprint density at radius 3 is 2.77 bits per heavy atom. The molecule has 3 aromatic rings. The fraction of sp³-hybridized carbons (Fsp3) is 0.240. The van der Waals surface area contributed by atoms with Crippen LogP contribution in [0.4, 0.5) is 5.69 Å². The van der Waals surface area contributed by atoms with Gasteiger partial charge in [0.05, 0.1) is 24.8 Å². The van der Waals surface area contributed by atoms with E-state index < -0.39 is 5.97 Å². The number of thiazole rings is 1. The quantitative estimate of drug-likeness (QED) is 0.497. The minimum absolute atomic E-state index is 0.0917. The van der Waals surface area contributed by atoms with E-state index in [1.54, 1.807) is 35.6 Å². The van der Waals surface area contributed by atoms with Crippen molar-refractivity contribution in [1.82, 2.24) is 4.98 Å². The first kappa shape index (κ1) is 21.0. The lowest BCUT2D eigenvalue weighted by Crippen LogP contribution is -2.17. The van der Waals surface area contributed by atoms with Crippen molar-refractivity contribution in [3.8, 4) is 0 Å². The van der Waals surface area contributed by atoms with Crippen molar-refractivity contribution in [2.24, 2.45) is 0 Å². The maximum atomic E-state index is 12.5. The second-order valence-electron chi connectivity index (χ2n) is 7.57. The van der Waals surface area contributed by atoms with Crippen molar-refractivity contribution in [3.05, 3.63) is 81.3 Å². The van der Waals surface area contributed by atoms with Crippen LogP contribution in [0.5, 0.6) is 0 Å². The number of aromatic nitrogens is 1. The minimum Gasteiger partial charge on any atom is -0.465 e. The normalized spacial score (nSPS) is 13.7. The molecule has 1 heterocycles. The van der Waals surface area contributed by atoms with Gasteiger partial charge in [0.25, 0.3) is 0 Å². The summed E-state index contributed by atoms with van der Waals surface area (Å²) in [7, 11) is 1.33. The first-order chi connectivity index (χ1) is 15.1. The molecule has 4 rings (SSSR count). The summed E-state index contributed by atoms with van der Waals surface area (Å²) in [5, 5.41) is 6.06. The summed E-state index contributed by atoms with van der Waals surface area (Å²) in [6.07, 6.45) is 7.91. The molecule has 6 heteroatoms. The van der Waals surface area contributed by atoms with Crippen molar-refractivity contribution in [3.63, 3.8) is 0 Å². The van der Waals surface area contributed by atoms with Crippen LogP contribution in [-0.4, -0.2) is 24.0 Å². The number of ether oxygens (including phenoxy) is 1. The minimum atomic E-state index is -0.446. The van der Waals surface area contributed by atoms with Gasteiger partial charge < -0.3 is 10.1 Å². The van der Waals surface area contributed by atoms with E-state index in [0.717, 1.165) is 10.6 Å². The van der Waals surface area contributed by atoms with Crippen LogP contribution in [0.15, 0.2) is 53.9 Å². The van der Waals surface area contributed by atoms with Gasteiger partial charge in [0.1, 0.15) is 5.01 Å². The van der Waals surface area contributed by atoms with Gasteiger partial charge in [0.15, 0.2) is 0 Å². The Kier molecular flexibility index (Phi) is 6.57. The third-order valence-electron chi connectivity index (χ3n) is 5.43. The van der Waals surface area contributed by atoms with Crippen LogP contribution in [0.1, 0.15) is 57.4 Å². The number of hydrogen-bond donors (Lipinski definition) is 1. The molecular formula is C25H24N2O3S. The first-order valence-corrected chi connectivity index (χ1v) is 11.2. The van der Waals surface area contributed by atoms with Gasteiger partial charge in [0, 0.05) is 17.0 Å². The molecule has 0 spiro atoms. The number of anilines is 1. The Morgan fingerprint density at radius 2 is 2.00 bits per heavy atom. The van der Waals surface area contributed by atoms with Crippen LogP contribution in [0.25, 0.3) is 12.2 Å². The number of nitrogens with zero attached hydrogens (tertiary/aromatic N) is 1. The fourth-order valence-electron chi connectivity index (χ4n) is 3.52. The zero-order valence-electron chi connectivity index (χ0n) is 17.3. The van der Waals surface area contributed by atoms with Crippen LogP contribution >= 0.6 is 11.3 Å². The maximum absolute atomic E-state index is 12.5. The number of methoxy groups -OCH3 is 1. The van der Waals surface area contributed by atoms with Gasteiger partial charge >= 0.3 is 5.97 Å². The number of esters is 1. The highest BCUT2D eigenvalue weighted by Crippen LogP contribution is 2.36. The van der Waals surface area contributed by atoms with Gasteiger partial charge in [0.2, 0.25) is 5.91 Å². The molecule has 0 bridgehead atoms. The van der Waals surface area contributed by atoms with Crippen molar-refractivity contribution in [2.45, 2.75) is 31.6 Å². The lowest BCUT2D eigenvalue weighted by atomic mass is 9.83. The molecule has 0 atom stereocenters. The number of amides is 1. The van der Waals surface area contributed by atoms with Gasteiger partial charge in [-0.05, 0) is 48.2 Å². The SMILES string of the molecule is COC(=O)c1ccccc1CC(=O)Nc1cccc(C=Cc2nc(C3CCC3)cs2)c1. The number of carbonyl (C=O) groups is 2. The number of benzene rings is 2. The van der Waals surface area contributed by atoms with E-state index >= 15 is 0 Å². The Morgan fingerprint density at radius 1 is 1.16 bits per heavy atom. The molecular weight excluding hydrogens is 408 g/mol. The molecule has 1 N–H and O–H groups in total. The van der Waals surface area contributed by atoms with E-state index in [4.69, 9.17) is 9.72 Å². The van der Waals surface area contributed by atoms with Crippen LogP contribution in [0.3, 0.4) is 0 Å². The van der Waals surface area contributed by atoms with Gasteiger partial charge in [-0.1, -0.05) is 42.8 Å². The van der Waals surface area contributed by atoms with Gasteiger partial charge in [-0.15, -0.1) is 11.3 Å². The highest BCUT2D eigenvalue weighted by molar-refractivity contribution is 7.10. The van der Waals surface area contributed by atoms with Crippen molar-refractivity contribution in [2.75, 3.05) is 12.4 Å². The summed E-state index contributed by atoms with van der Waals surface area (Å²) in [4.78, 5) is 29.2. The molecule has 1 fully saturated rings. The average molecular weight is 433 g/mol. The third-order valence-corrected chi connectivity index (χ3v) is 6.25. The first-order valence-electron chi connectivity index (χ1n) is 10.3. The van der Waals surface area contributed by atoms with Crippen molar-refractivity contribution >= 4 is 41.1 Å². The summed E-state index contributed by atoms with van der Waals surface area (Å²) in [5.41, 5.74) is 3.93. The molecule has 1 saturated carbocycles. The Hall–Kier alpha value is -3.25. The maximum Gasteiger partial charge on any atom is 0.338 e. The van der Waals surface area contributed by atoms with E-state index in [-0.39, 0.29) is 12.3 Å². The van der Waals surface area contributed by atoms with Crippen molar-refractivity contribution in [1.29, 1.82) is 0 Å². The monoisotopic (exact) mass is 432 g/mol. The largest absolute Gasteiger partial charge is 0.465 e. The van der Waals surface area contributed by atoms with Crippen LogP contribution < -0.4 is 5.32 Å². The zero-order chi connectivity index (χ0) is 21.6. The summed E-state index contributed by atoms with van der Waals surface area (Å²) >= 11 is 1.66. The highest BCUT2D eigenvalue weighted by atomic mass is 32.1. The summed E-state index contributed by atoms with van der Waals surface area (Å²) in [5.74, 6) is 0.00184. The second-order valence-corrected chi connectivity index (χ2v) is 8.46. The molecule has 1 aliphatic rings. The summed E-state index contributed by atoms with van der Waals surface area (Å²) < 4.78 is 4.80. The van der Waals surface area contributed by atoms with Gasteiger partial charge in [-0.25, -0.2) is 9.78 Å². The van der Waals surface area contributed by atoms with Crippen LogP contribution in [0, 0.1) is 0 Å². The molecule has 31 heavy (non-hydrogen) atoms. The smallest absolute Gasteiger partial charge is 0.338 e. The molecule has 1 aromatic heterocycles. The Balaban J connectivity index is 1.40. The summed E-state index contributed by atoms with van der Waals surface area (Å²) in [6, 6.07) is 14.6. The molecule has 1 aliphatic carbocycles. The molecule has 0 saturated heterocycles. The average Bonchev–Trinajstić information content (AvgIpc) is 3.19. The Labute approximate surface area is 185 Å². The molecule has 0 radical (unpaired) electrons. The van der Waals surface area contributed by atoms with E-state index in [1.165, 1.54) is 32.1 Å². The van der Waals surface area contributed by atoms with E-state index in [2.05, 4.69) is 10.7 Å². The van der Waals surface area contributed by atoms with E-state index in [1.807, 2.05) is 36.4 Å². The topological polar surface area (TPSA) is 68.3 Å². The number of nitrogens with one attached hydrogen (secondary N) is 1. The standard InChI is InChI=1S/C25H24N2O3S/c1-30-25(29)21-11-3-2-7-19(21)15-23(28)26-20-10-4-6-17(14-20)12-13-24-27-22(16-31-24)18-8-5-9-18/h2-4,6-7,10-14,16,18H,5,8-9,15H2,1H3,(H,26,28). The fourth-order valence-corrected chi connectivity index (χ4v) is 4.31.